The molecule has 1 amide bonds. The summed E-state index contributed by atoms with van der Waals surface area (Å²) in [5.74, 6) is 0.762. The van der Waals surface area contributed by atoms with Crippen LogP contribution >= 0.6 is 11.6 Å². The molecule has 0 bridgehead atoms. The van der Waals surface area contributed by atoms with Crippen LogP contribution in [0.3, 0.4) is 0 Å². The maximum absolute atomic E-state index is 12.9. The lowest BCUT2D eigenvalue weighted by atomic mass is 10.0. The van der Waals surface area contributed by atoms with Crippen molar-refractivity contribution in [2.45, 2.75) is 38.8 Å². The van der Waals surface area contributed by atoms with Crippen molar-refractivity contribution >= 4 is 27.3 Å². The highest BCUT2D eigenvalue weighted by Crippen LogP contribution is 2.32. The lowest BCUT2D eigenvalue weighted by molar-refractivity contribution is -0.132. The van der Waals surface area contributed by atoms with Crippen molar-refractivity contribution in [3.63, 3.8) is 0 Å². The number of nitrogens with zero attached hydrogens (tertiary/aromatic N) is 1. The highest BCUT2D eigenvalue weighted by Gasteiger charge is 2.34. The number of rotatable bonds is 5. The molecule has 0 radical (unpaired) electrons. The van der Waals surface area contributed by atoms with Crippen molar-refractivity contribution in [1.82, 2.24) is 4.90 Å². The smallest absolute Gasteiger partial charge is 0.227 e. The first-order chi connectivity index (χ1) is 11.9. The normalized spacial score (nSPS) is 21.4. The molecule has 1 saturated heterocycles. The highest BCUT2D eigenvalue weighted by atomic mass is 35.5. The van der Waals surface area contributed by atoms with Gasteiger partial charge in [0.2, 0.25) is 5.91 Å². The van der Waals surface area contributed by atoms with Crippen LogP contribution in [0.4, 0.5) is 0 Å². The molecule has 0 N–H and O–H groups in total. The van der Waals surface area contributed by atoms with Gasteiger partial charge < -0.3 is 14.4 Å². The number of carbonyl (C=O) groups excluding carboxylic acids is 1. The van der Waals surface area contributed by atoms with E-state index in [1.807, 2.05) is 6.92 Å². The number of fused-ring (bicyclic) bond motifs is 1. The molecule has 1 fully saturated rings. The molecule has 2 aliphatic rings. The molecule has 0 spiro atoms. The molecule has 1 aromatic rings. The molecule has 138 valence electrons. The SMILES string of the molecule is CCCN(C(=O)Cc1cc(Cl)cc2c1OCOC2)[C@@H]1CCS(=O)(=O)C1. The van der Waals surface area contributed by atoms with Gasteiger partial charge in [-0.2, -0.15) is 0 Å². The molecule has 0 aromatic heterocycles. The maximum atomic E-state index is 12.9. The Bertz CT molecular complexity index is 765. The van der Waals surface area contributed by atoms with Gasteiger partial charge in [0.1, 0.15) is 5.75 Å². The topological polar surface area (TPSA) is 72.9 Å². The van der Waals surface area contributed by atoms with Crippen molar-refractivity contribution in [3.8, 4) is 5.75 Å². The Labute approximate surface area is 153 Å². The summed E-state index contributed by atoms with van der Waals surface area (Å²) in [6.07, 6.45) is 1.42. The quantitative estimate of drug-likeness (QED) is 0.774. The zero-order chi connectivity index (χ0) is 18.0. The number of ether oxygens (including phenoxy) is 2. The number of carbonyl (C=O) groups is 1. The van der Waals surface area contributed by atoms with Gasteiger partial charge in [0, 0.05) is 28.7 Å². The second-order valence-electron chi connectivity index (χ2n) is 6.48. The van der Waals surface area contributed by atoms with Crippen molar-refractivity contribution in [2.24, 2.45) is 0 Å². The van der Waals surface area contributed by atoms with Gasteiger partial charge in [-0.05, 0) is 25.0 Å². The van der Waals surface area contributed by atoms with Gasteiger partial charge in [0.25, 0.3) is 0 Å². The predicted molar refractivity (Wildman–Crippen MR) is 94.5 cm³/mol. The summed E-state index contributed by atoms with van der Waals surface area (Å²) in [5.41, 5.74) is 1.55. The Balaban J connectivity index is 1.81. The first kappa shape index (κ1) is 18.5. The van der Waals surface area contributed by atoms with Crippen LogP contribution in [0.2, 0.25) is 5.02 Å². The van der Waals surface area contributed by atoms with Gasteiger partial charge in [-0.3, -0.25) is 4.79 Å². The van der Waals surface area contributed by atoms with E-state index in [0.717, 1.165) is 17.5 Å². The van der Waals surface area contributed by atoms with E-state index in [1.54, 1.807) is 17.0 Å². The second-order valence-corrected chi connectivity index (χ2v) is 9.15. The maximum Gasteiger partial charge on any atom is 0.227 e. The molecule has 2 aliphatic heterocycles. The van der Waals surface area contributed by atoms with Gasteiger partial charge in [-0.25, -0.2) is 8.42 Å². The third-order valence-corrected chi connectivity index (χ3v) is 6.50. The fraction of sp³-hybridized carbons (Fsp3) is 0.588. The van der Waals surface area contributed by atoms with E-state index in [-0.39, 0.29) is 36.7 Å². The van der Waals surface area contributed by atoms with Crippen LogP contribution in [-0.2, 0) is 32.4 Å². The summed E-state index contributed by atoms with van der Waals surface area (Å²) in [6.45, 7) is 3.07. The zero-order valence-corrected chi connectivity index (χ0v) is 15.7. The molecule has 3 rings (SSSR count). The minimum absolute atomic E-state index is 0.0523. The molecule has 1 atom stereocenters. The molecule has 0 saturated carbocycles. The average molecular weight is 388 g/mol. The second kappa shape index (κ2) is 7.51. The summed E-state index contributed by atoms with van der Waals surface area (Å²) in [4.78, 5) is 14.6. The third-order valence-electron chi connectivity index (χ3n) is 4.53. The largest absolute Gasteiger partial charge is 0.467 e. The monoisotopic (exact) mass is 387 g/mol. The van der Waals surface area contributed by atoms with E-state index in [2.05, 4.69) is 0 Å². The molecule has 8 heteroatoms. The van der Waals surface area contributed by atoms with E-state index < -0.39 is 9.84 Å². The first-order valence-electron chi connectivity index (χ1n) is 8.41. The average Bonchev–Trinajstić information content (AvgIpc) is 2.92. The van der Waals surface area contributed by atoms with Gasteiger partial charge in [0.15, 0.2) is 16.6 Å². The summed E-state index contributed by atoms with van der Waals surface area (Å²) in [5, 5.41) is 0.529. The molecule has 0 aliphatic carbocycles. The number of sulfone groups is 1. The van der Waals surface area contributed by atoms with Crippen LogP contribution in [-0.4, -0.2) is 50.1 Å². The summed E-state index contributed by atoms with van der Waals surface area (Å²) in [7, 11) is -3.04. The lowest BCUT2D eigenvalue weighted by Crippen LogP contribution is -2.42. The van der Waals surface area contributed by atoms with Crippen LogP contribution in [0, 0.1) is 0 Å². The fourth-order valence-electron chi connectivity index (χ4n) is 3.43. The van der Waals surface area contributed by atoms with Crippen LogP contribution in [0.25, 0.3) is 0 Å². The van der Waals surface area contributed by atoms with Crippen molar-refractivity contribution in [2.75, 3.05) is 24.8 Å². The summed E-state index contributed by atoms with van der Waals surface area (Å²) < 4.78 is 34.4. The van der Waals surface area contributed by atoms with Crippen LogP contribution in [0.15, 0.2) is 12.1 Å². The molecule has 1 aromatic carbocycles. The summed E-state index contributed by atoms with van der Waals surface area (Å²) in [6, 6.07) is 3.27. The molecule has 2 heterocycles. The Morgan fingerprint density at radius 3 is 2.88 bits per heavy atom. The zero-order valence-electron chi connectivity index (χ0n) is 14.2. The van der Waals surface area contributed by atoms with Crippen molar-refractivity contribution in [3.05, 3.63) is 28.3 Å². The van der Waals surface area contributed by atoms with Crippen LogP contribution in [0.5, 0.6) is 5.75 Å². The molecule has 25 heavy (non-hydrogen) atoms. The number of hydrogen-bond donors (Lipinski definition) is 0. The van der Waals surface area contributed by atoms with E-state index >= 15 is 0 Å². The van der Waals surface area contributed by atoms with E-state index in [9.17, 15) is 13.2 Å². The van der Waals surface area contributed by atoms with Gasteiger partial charge in [0.05, 0.1) is 24.5 Å². The van der Waals surface area contributed by atoms with Crippen molar-refractivity contribution < 1.29 is 22.7 Å². The van der Waals surface area contributed by atoms with Gasteiger partial charge in [-0.15, -0.1) is 0 Å². The van der Waals surface area contributed by atoms with E-state index in [1.165, 1.54) is 0 Å². The minimum Gasteiger partial charge on any atom is -0.467 e. The lowest BCUT2D eigenvalue weighted by Gasteiger charge is -2.29. The Morgan fingerprint density at radius 1 is 1.40 bits per heavy atom. The Morgan fingerprint density at radius 2 is 2.20 bits per heavy atom. The molecular weight excluding hydrogens is 366 g/mol. The Hall–Kier alpha value is -1.31. The number of benzene rings is 1. The third kappa shape index (κ3) is 4.27. The summed E-state index contributed by atoms with van der Waals surface area (Å²) >= 11 is 6.16. The number of halogens is 1. The van der Waals surface area contributed by atoms with Crippen LogP contribution < -0.4 is 4.74 Å². The van der Waals surface area contributed by atoms with Gasteiger partial charge in [-0.1, -0.05) is 18.5 Å². The van der Waals surface area contributed by atoms with E-state index in [0.29, 0.717) is 30.3 Å². The van der Waals surface area contributed by atoms with Crippen molar-refractivity contribution in [1.29, 1.82) is 0 Å². The Kier molecular flexibility index (Phi) is 5.55. The standard InChI is InChI=1S/C17H22ClNO5S/c1-2-4-19(15-3-5-25(21,22)10-15)16(20)8-12-6-14(18)7-13-9-23-11-24-17(12)13/h6-7,15H,2-5,8-11H2,1H3/t15-/m1/s1. The van der Waals surface area contributed by atoms with Crippen LogP contribution in [0.1, 0.15) is 30.9 Å². The highest BCUT2D eigenvalue weighted by molar-refractivity contribution is 7.91. The molecule has 6 nitrogen and oxygen atoms in total. The predicted octanol–water partition coefficient (Wildman–Crippen LogP) is 2.17. The molecular formula is C17H22ClNO5S. The van der Waals surface area contributed by atoms with E-state index in [4.69, 9.17) is 21.1 Å². The molecule has 0 unspecified atom stereocenters. The fourth-order valence-corrected chi connectivity index (χ4v) is 5.42. The van der Waals surface area contributed by atoms with Gasteiger partial charge >= 0.3 is 0 Å². The number of amides is 1. The minimum atomic E-state index is -3.04. The number of hydrogen-bond acceptors (Lipinski definition) is 5. The first-order valence-corrected chi connectivity index (χ1v) is 10.6.